The topological polar surface area (TPSA) is 38.7 Å². The maximum absolute atomic E-state index is 11.5. The number of hydrogen-bond acceptors (Lipinski definition) is 3. The van der Waals surface area contributed by atoms with Gasteiger partial charge in [0, 0.05) is 6.21 Å². The molecule has 0 aliphatic rings. The normalized spacial score (nSPS) is 12.6. The van der Waals surface area contributed by atoms with Gasteiger partial charge in [-0.15, -0.1) is 0 Å². The van der Waals surface area contributed by atoms with E-state index in [2.05, 4.69) is 4.99 Å². The van der Waals surface area contributed by atoms with Gasteiger partial charge in [-0.25, -0.2) is 0 Å². The number of para-hydroxylation sites is 1. The summed E-state index contributed by atoms with van der Waals surface area (Å²) in [6.07, 6.45) is 2.36. The zero-order chi connectivity index (χ0) is 11.8. The summed E-state index contributed by atoms with van der Waals surface area (Å²) in [5.41, 5.74) is 0.852. The molecule has 0 radical (unpaired) electrons. The van der Waals surface area contributed by atoms with Gasteiger partial charge in [0.05, 0.1) is 18.2 Å². The highest BCUT2D eigenvalue weighted by Crippen LogP contribution is 2.11. The average molecular weight is 219 g/mol. The first-order valence-corrected chi connectivity index (χ1v) is 5.53. The van der Waals surface area contributed by atoms with Gasteiger partial charge < -0.3 is 4.74 Å². The van der Waals surface area contributed by atoms with Crippen molar-refractivity contribution in [1.29, 1.82) is 0 Å². The minimum absolute atomic E-state index is 0.204. The number of nitrogens with zero attached hydrogens (tertiary/aromatic N) is 1. The molecular formula is C13H17NO2. The number of aliphatic imine (C=N–C) groups is 1. The standard InChI is InChI=1S/C13H17NO2/c1-3-11(13(15)16-4-2)10-14-12-8-6-5-7-9-12/h5-11H,3-4H2,1-2H3. The molecule has 1 rings (SSSR count). The molecule has 0 saturated heterocycles. The van der Waals surface area contributed by atoms with E-state index >= 15 is 0 Å². The van der Waals surface area contributed by atoms with Crippen molar-refractivity contribution in [1.82, 2.24) is 0 Å². The highest BCUT2D eigenvalue weighted by molar-refractivity contribution is 5.90. The highest BCUT2D eigenvalue weighted by atomic mass is 16.5. The van der Waals surface area contributed by atoms with Crippen molar-refractivity contribution in [3.05, 3.63) is 30.3 Å². The summed E-state index contributed by atoms with van der Waals surface area (Å²) in [6, 6.07) is 9.56. The maximum atomic E-state index is 11.5. The van der Waals surface area contributed by atoms with Crippen LogP contribution in [-0.2, 0) is 9.53 Å². The lowest BCUT2D eigenvalue weighted by Crippen LogP contribution is -2.18. The van der Waals surface area contributed by atoms with Gasteiger partial charge in [0.15, 0.2) is 0 Å². The van der Waals surface area contributed by atoms with Gasteiger partial charge >= 0.3 is 5.97 Å². The van der Waals surface area contributed by atoms with Crippen LogP contribution in [0.1, 0.15) is 20.3 Å². The molecule has 1 aromatic rings. The molecule has 3 heteroatoms. The first kappa shape index (κ1) is 12.4. The minimum atomic E-state index is -0.250. The van der Waals surface area contributed by atoms with Crippen molar-refractivity contribution >= 4 is 17.9 Å². The number of rotatable bonds is 5. The number of carbonyl (C=O) groups is 1. The Balaban J connectivity index is 2.63. The van der Waals surface area contributed by atoms with Crippen molar-refractivity contribution in [3.63, 3.8) is 0 Å². The second kappa shape index (κ2) is 6.77. The Morgan fingerprint density at radius 1 is 1.38 bits per heavy atom. The molecule has 1 unspecified atom stereocenters. The molecule has 0 fully saturated rings. The molecule has 0 N–H and O–H groups in total. The number of benzene rings is 1. The minimum Gasteiger partial charge on any atom is -0.465 e. The molecule has 0 aliphatic carbocycles. The molecule has 86 valence electrons. The van der Waals surface area contributed by atoms with Crippen LogP contribution in [0.5, 0.6) is 0 Å². The van der Waals surface area contributed by atoms with Crippen molar-refractivity contribution in [2.24, 2.45) is 10.9 Å². The molecule has 3 nitrogen and oxygen atoms in total. The second-order valence-corrected chi connectivity index (χ2v) is 3.38. The van der Waals surface area contributed by atoms with E-state index in [-0.39, 0.29) is 11.9 Å². The first-order chi connectivity index (χ1) is 7.77. The average Bonchev–Trinajstić information content (AvgIpc) is 2.31. The molecule has 16 heavy (non-hydrogen) atoms. The van der Waals surface area contributed by atoms with Gasteiger partial charge in [-0.3, -0.25) is 9.79 Å². The van der Waals surface area contributed by atoms with Crippen molar-refractivity contribution in [2.45, 2.75) is 20.3 Å². The Hall–Kier alpha value is -1.64. The van der Waals surface area contributed by atoms with Crippen molar-refractivity contribution in [2.75, 3.05) is 6.61 Å². The zero-order valence-electron chi connectivity index (χ0n) is 9.72. The van der Waals surface area contributed by atoms with Crippen LogP contribution in [0.4, 0.5) is 5.69 Å². The Labute approximate surface area is 96.2 Å². The van der Waals surface area contributed by atoms with E-state index in [0.29, 0.717) is 13.0 Å². The van der Waals surface area contributed by atoms with Crippen LogP contribution < -0.4 is 0 Å². The predicted molar refractivity (Wildman–Crippen MR) is 65.0 cm³/mol. The van der Waals surface area contributed by atoms with E-state index in [0.717, 1.165) is 5.69 Å². The molecular weight excluding hydrogens is 202 g/mol. The summed E-state index contributed by atoms with van der Waals surface area (Å²) in [7, 11) is 0. The lowest BCUT2D eigenvalue weighted by atomic mass is 10.1. The fraction of sp³-hybridized carbons (Fsp3) is 0.385. The van der Waals surface area contributed by atoms with Crippen LogP contribution in [-0.4, -0.2) is 18.8 Å². The fourth-order valence-electron chi connectivity index (χ4n) is 1.27. The summed E-state index contributed by atoms with van der Waals surface area (Å²) < 4.78 is 4.95. The molecule has 0 heterocycles. The largest absolute Gasteiger partial charge is 0.465 e. The molecule has 1 aromatic carbocycles. The lowest BCUT2D eigenvalue weighted by molar-refractivity contribution is -0.145. The Morgan fingerprint density at radius 2 is 2.06 bits per heavy atom. The summed E-state index contributed by atoms with van der Waals surface area (Å²) in [5.74, 6) is -0.454. The quantitative estimate of drug-likeness (QED) is 0.564. The van der Waals surface area contributed by atoms with Crippen LogP contribution in [0.2, 0.25) is 0 Å². The van der Waals surface area contributed by atoms with Gasteiger partial charge in [-0.05, 0) is 25.5 Å². The Kier molecular flexibility index (Phi) is 5.26. The van der Waals surface area contributed by atoms with Gasteiger partial charge in [0.25, 0.3) is 0 Å². The van der Waals surface area contributed by atoms with Gasteiger partial charge in [-0.1, -0.05) is 25.1 Å². The van der Waals surface area contributed by atoms with Gasteiger partial charge in [0.2, 0.25) is 0 Å². The summed E-state index contributed by atoms with van der Waals surface area (Å²) in [5, 5.41) is 0. The number of carbonyl (C=O) groups excluding carboxylic acids is 1. The predicted octanol–water partition coefficient (Wildman–Crippen LogP) is 2.98. The monoisotopic (exact) mass is 219 g/mol. The van der Waals surface area contributed by atoms with Crippen LogP contribution >= 0.6 is 0 Å². The molecule has 0 aliphatic heterocycles. The number of hydrogen-bond donors (Lipinski definition) is 0. The molecule has 0 amide bonds. The van der Waals surface area contributed by atoms with E-state index in [9.17, 15) is 4.79 Å². The number of esters is 1. The van der Waals surface area contributed by atoms with E-state index in [1.54, 1.807) is 13.1 Å². The van der Waals surface area contributed by atoms with Crippen LogP contribution in [0.3, 0.4) is 0 Å². The SMILES string of the molecule is CCOC(=O)C(C=Nc1ccccc1)CC. The third-order valence-corrected chi connectivity index (χ3v) is 2.19. The van der Waals surface area contributed by atoms with Gasteiger partial charge in [-0.2, -0.15) is 0 Å². The molecule has 1 atom stereocenters. The molecule has 0 saturated carbocycles. The Morgan fingerprint density at radius 3 is 2.62 bits per heavy atom. The summed E-state index contributed by atoms with van der Waals surface area (Å²) in [6.45, 7) is 4.16. The smallest absolute Gasteiger partial charge is 0.314 e. The number of ether oxygens (including phenoxy) is 1. The van der Waals surface area contributed by atoms with Crippen LogP contribution in [0.25, 0.3) is 0 Å². The molecule has 0 aromatic heterocycles. The van der Waals surface area contributed by atoms with Crippen LogP contribution in [0, 0.1) is 5.92 Å². The van der Waals surface area contributed by atoms with Gasteiger partial charge in [0.1, 0.15) is 0 Å². The fourth-order valence-corrected chi connectivity index (χ4v) is 1.27. The lowest BCUT2D eigenvalue weighted by Gasteiger charge is -2.07. The van der Waals surface area contributed by atoms with Crippen molar-refractivity contribution in [3.8, 4) is 0 Å². The third-order valence-electron chi connectivity index (χ3n) is 2.19. The first-order valence-electron chi connectivity index (χ1n) is 5.53. The highest BCUT2D eigenvalue weighted by Gasteiger charge is 2.14. The Bertz CT molecular complexity index is 346. The molecule has 0 spiro atoms. The maximum Gasteiger partial charge on any atom is 0.314 e. The third kappa shape index (κ3) is 3.85. The van der Waals surface area contributed by atoms with Crippen LogP contribution in [0.15, 0.2) is 35.3 Å². The van der Waals surface area contributed by atoms with Crippen molar-refractivity contribution < 1.29 is 9.53 Å². The van der Waals surface area contributed by atoms with E-state index in [1.165, 1.54) is 0 Å². The van der Waals surface area contributed by atoms with E-state index in [4.69, 9.17) is 4.74 Å². The summed E-state index contributed by atoms with van der Waals surface area (Å²) in [4.78, 5) is 15.7. The molecule has 0 bridgehead atoms. The summed E-state index contributed by atoms with van der Waals surface area (Å²) >= 11 is 0. The second-order valence-electron chi connectivity index (χ2n) is 3.38. The van der Waals surface area contributed by atoms with E-state index < -0.39 is 0 Å². The van der Waals surface area contributed by atoms with E-state index in [1.807, 2.05) is 37.3 Å². The zero-order valence-corrected chi connectivity index (χ0v) is 9.72.